The van der Waals surface area contributed by atoms with Crippen LogP contribution in [-0.2, 0) is 0 Å². The third kappa shape index (κ3) is 3.02. The zero-order valence-electron chi connectivity index (χ0n) is 8.97. The topological polar surface area (TPSA) is 36.7 Å². The van der Waals surface area contributed by atoms with Gasteiger partial charge >= 0.3 is 0 Å². The van der Waals surface area contributed by atoms with Gasteiger partial charge in [0.2, 0.25) is 0 Å². The molecule has 0 amide bonds. The van der Waals surface area contributed by atoms with E-state index in [1.807, 2.05) is 42.5 Å². The lowest BCUT2D eigenvalue weighted by atomic mass is 10.1. The van der Waals surface area contributed by atoms with Crippen LogP contribution in [-0.4, -0.2) is 4.98 Å². The number of allylic oxidation sites excluding steroid dienone is 1. The highest BCUT2D eigenvalue weighted by atomic mass is 79.9. The van der Waals surface area contributed by atoms with Gasteiger partial charge in [0.15, 0.2) is 0 Å². The van der Waals surface area contributed by atoms with E-state index in [0.29, 0.717) is 5.57 Å². The Morgan fingerprint density at radius 1 is 1.18 bits per heavy atom. The second-order valence-electron chi connectivity index (χ2n) is 3.43. The molecule has 0 radical (unpaired) electrons. The van der Waals surface area contributed by atoms with Crippen LogP contribution in [0, 0.1) is 11.3 Å². The molecule has 17 heavy (non-hydrogen) atoms. The number of halogens is 1. The van der Waals surface area contributed by atoms with Gasteiger partial charge in [0.25, 0.3) is 0 Å². The van der Waals surface area contributed by atoms with Gasteiger partial charge in [-0.05, 0) is 35.9 Å². The molecule has 0 spiro atoms. The minimum Gasteiger partial charge on any atom is -0.257 e. The van der Waals surface area contributed by atoms with Gasteiger partial charge in [-0.3, -0.25) is 4.98 Å². The summed E-state index contributed by atoms with van der Waals surface area (Å²) < 4.78 is 0.997. The maximum atomic E-state index is 9.15. The second-order valence-corrected chi connectivity index (χ2v) is 4.35. The van der Waals surface area contributed by atoms with Crippen molar-refractivity contribution in [3.05, 3.63) is 64.4 Å². The van der Waals surface area contributed by atoms with E-state index >= 15 is 0 Å². The average Bonchev–Trinajstić information content (AvgIpc) is 2.38. The average molecular weight is 285 g/mol. The summed E-state index contributed by atoms with van der Waals surface area (Å²) in [6.45, 7) is 0. The Morgan fingerprint density at radius 3 is 2.53 bits per heavy atom. The molecule has 0 aliphatic heterocycles. The fraction of sp³-hybridized carbons (Fsp3) is 0. The van der Waals surface area contributed by atoms with Crippen LogP contribution < -0.4 is 0 Å². The molecule has 2 aromatic rings. The molecule has 0 atom stereocenters. The Bertz CT molecular complexity index is 565. The molecule has 82 valence electrons. The van der Waals surface area contributed by atoms with E-state index in [9.17, 15) is 0 Å². The van der Waals surface area contributed by atoms with Gasteiger partial charge in [0.05, 0.1) is 17.3 Å². The van der Waals surface area contributed by atoms with Crippen molar-refractivity contribution >= 4 is 27.6 Å². The molecule has 0 aliphatic carbocycles. The minimum atomic E-state index is 0.608. The van der Waals surface area contributed by atoms with Crippen molar-refractivity contribution in [1.29, 1.82) is 5.26 Å². The molecule has 1 aromatic carbocycles. The van der Waals surface area contributed by atoms with Crippen molar-refractivity contribution in [2.45, 2.75) is 0 Å². The van der Waals surface area contributed by atoms with Crippen LogP contribution >= 0.6 is 15.9 Å². The van der Waals surface area contributed by atoms with Gasteiger partial charge in [-0.25, -0.2) is 0 Å². The number of aromatic nitrogens is 1. The Morgan fingerprint density at radius 2 is 1.94 bits per heavy atom. The zero-order valence-corrected chi connectivity index (χ0v) is 10.6. The van der Waals surface area contributed by atoms with Crippen LogP contribution in [0.4, 0.5) is 0 Å². The van der Waals surface area contributed by atoms with Gasteiger partial charge in [-0.2, -0.15) is 5.26 Å². The summed E-state index contributed by atoms with van der Waals surface area (Å²) >= 11 is 3.37. The maximum absolute atomic E-state index is 9.15. The van der Waals surface area contributed by atoms with Crippen molar-refractivity contribution in [3.8, 4) is 6.07 Å². The third-order valence-electron chi connectivity index (χ3n) is 2.26. The summed E-state index contributed by atoms with van der Waals surface area (Å²) in [5.41, 5.74) is 2.28. The number of hydrogen-bond acceptors (Lipinski definition) is 2. The molecule has 0 aliphatic rings. The molecule has 0 N–H and O–H groups in total. The number of nitriles is 1. The number of rotatable bonds is 2. The SMILES string of the molecule is N#C/C(=C\c1ccccn1)c1ccc(Br)cc1. The molecule has 1 aromatic heterocycles. The largest absolute Gasteiger partial charge is 0.257 e. The fourth-order valence-corrected chi connectivity index (χ4v) is 1.68. The van der Waals surface area contributed by atoms with Crippen LogP contribution in [0.3, 0.4) is 0 Å². The summed E-state index contributed by atoms with van der Waals surface area (Å²) in [7, 11) is 0. The molecule has 2 rings (SSSR count). The highest BCUT2D eigenvalue weighted by Crippen LogP contribution is 2.19. The third-order valence-corrected chi connectivity index (χ3v) is 2.78. The highest BCUT2D eigenvalue weighted by Gasteiger charge is 2.00. The van der Waals surface area contributed by atoms with Crippen LogP contribution in [0.15, 0.2) is 53.1 Å². The van der Waals surface area contributed by atoms with Crippen molar-refractivity contribution in [2.24, 2.45) is 0 Å². The van der Waals surface area contributed by atoms with Crippen LogP contribution in [0.5, 0.6) is 0 Å². The maximum Gasteiger partial charge on any atom is 0.0998 e. The predicted molar refractivity (Wildman–Crippen MR) is 71.9 cm³/mol. The van der Waals surface area contributed by atoms with E-state index in [-0.39, 0.29) is 0 Å². The van der Waals surface area contributed by atoms with Crippen LogP contribution in [0.25, 0.3) is 11.6 Å². The van der Waals surface area contributed by atoms with E-state index in [1.165, 1.54) is 0 Å². The van der Waals surface area contributed by atoms with Gasteiger partial charge in [0.1, 0.15) is 0 Å². The van der Waals surface area contributed by atoms with E-state index in [0.717, 1.165) is 15.7 Å². The lowest BCUT2D eigenvalue weighted by molar-refractivity contribution is 1.30. The monoisotopic (exact) mass is 284 g/mol. The lowest BCUT2D eigenvalue weighted by Crippen LogP contribution is -1.83. The summed E-state index contributed by atoms with van der Waals surface area (Å²) in [4.78, 5) is 4.17. The summed E-state index contributed by atoms with van der Waals surface area (Å²) in [6, 6.07) is 15.5. The lowest BCUT2D eigenvalue weighted by Gasteiger charge is -1.99. The Labute approximate surface area is 108 Å². The summed E-state index contributed by atoms with van der Waals surface area (Å²) in [6.07, 6.45) is 3.49. The standard InChI is InChI=1S/C14H9BrN2/c15-13-6-4-11(5-7-13)12(10-16)9-14-3-1-2-8-17-14/h1-9H/b12-9+. The fourth-order valence-electron chi connectivity index (χ4n) is 1.42. The van der Waals surface area contributed by atoms with Gasteiger partial charge < -0.3 is 0 Å². The molecule has 0 fully saturated rings. The molecular formula is C14H9BrN2. The van der Waals surface area contributed by atoms with Crippen molar-refractivity contribution in [3.63, 3.8) is 0 Å². The first-order valence-corrected chi connectivity index (χ1v) is 5.87. The number of pyridine rings is 1. The Kier molecular flexibility index (Phi) is 3.69. The quantitative estimate of drug-likeness (QED) is 0.784. The smallest absolute Gasteiger partial charge is 0.0998 e. The van der Waals surface area contributed by atoms with E-state index in [1.54, 1.807) is 12.3 Å². The molecule has 0 saturated heterocycles. The minimum absolute atomic E-state index is 0.608. The first kappa shape index (κ1) is 11.6. The van der Waals surface area contributed by atoms with E-state index in [2.05, 4.69) is 27.0 Å². The summed E-state index contributed by atoms with van der Waals surface area (Å²) in [5, 5.41) is 9.15. The molecule has 3 heteroatoms. The predicted octanol–water partition coefficient (Wildman–Crippen LogP) is 3.91. The molecule has 0 unspecified atom stereocenters. The Hall–Kier alpha value is -1.92. The van der Waals surface area contributed by atoms with Crippen LogP contribution in [0.1, 0.15) is 11.3 Å². The van der Waals surface area contributed by atoms with Gasteiger partial charge in [-0.15, -0.1) is 0 Å². The van der Waals surface area contributed by atoms with Crippen molar-refractivity contribution < 1.29 is 0 Å². The van der Waals surface area contributed by atoms with Gasteiger partial charge in [-0.1, -0.05) is 34.1 Å². The summed E-state index contributed by atoms with van der Waals surface area (Å²) in [5.74, 6) is 0. The second kappa shape index (κ2) is 5.42. The highest BCUT2D eigenvalue weighted by molar-refractivity contribution is 9.10. The zero-order chi connectivity index (χ0) is 12.1. The number of nitrogens with zero attached hydrogens (tertiary/aromatic N) is 2. The first-order valence-electron chi connectivity index (χ1n) is 5.08. The van der Waals surface area contributed by atoms with Crippen molar-refractivity contribution in [1.82, 2.24) is 4.98 Å². The van der Waals surface area contributed by atoms with E-state index < -0.39 is 0 Å². The molecule has 2 nitrogen and oxygen atoms in total. The van der Waals surface area contributed by atoms with E-state index in [4.69, 9.17) is 5.26 Å². The number of benzene rings is 1. The molecular weight excluding hydrogens is 276 g/mol. The van der Waals surface area contributed by atoms with Crippen molar-refractivity contribution in [2.75, 3.05) is 0 Å². The molecule has 0 bridgehead atoms. The normalized spacial score (nSPS) is 10.9. The van der Waals surface area contributed by atoms with Crippen LogP contribution in [0.2, 0.25) is 0 Å². The molecule has 0 saturated carbocycles. The number of hydrogen-bond donors (Lipinski definition) is 0. The first-order chi connectivity index (χ1) is 8.29. The molecule has 1 heterocycles. The Balaban J connectivity index is 2.38. The van der Waals surface area contributed by atoms with Gasteiger partial charge in [0, 0.05) is 10.7 Å².